The molecule has 1 N–H and O–H groups in total. The van der Waals surface area contributed by atoms with Crippen LogP contribution in [0.1, 0.15) is 25.3 Å². The van der Waals surface area contributed by atoms with Crippen LogP contribution in [0, 0.1) is 5.92 Å². The fourth-order valence-corrected chi connectivity index (χ4v) is 3.94. The third kappa shape index (κ3) is 4.19. The van der Waals surface area contributed by atoms with E-state index in [0.29, 0.717) is 13.0 Å². The van der Waals surface area contributed by atoms with Crippen LogP contribution in [-0.4, -0.2) is 37.5 Å². The lowest BCUT2D eigenvalue weighted by molar-refractivity contribution is -0.126. The van der Waals surface area contributed by atoms with Crippen molar-refractivity contribution in [3.8, 4) is 0 Å². The Hall–Kier alpha value is -2.82. The number of carbonyl (C=O) groups excluding carboxylic acids is 2. The molecule has 28 heavy (non-hydrogen) atoms. The maximum atomic E-state index is 13.4. The molecule has 5 heteroatoms. The standard InChI is InChI=1S/C23H27N3O2/c1-17(27)24-20(15-18-7-3-2-4-8-18)23(28)26-14-13-25(16-19-11-12-19)21-9-5-6-10-22(21)26/h2-10,19-20H,11-16H2,1H3,(H,24,27)/t20-/m0/s1. The molecular weight excluding hydrogens is 350 g/mol. The summed E-state index contributed by atoms with van der Waals surface area (Å²) in [6.45, 7) is 4.01. The SMILES string of the molecule is CC(=O)N[C@@H](Cc1ccccc1)C(=O)N1CCN(CC2CC2)c2ccccc21. The van der Waals surface area contributed by atoms with E-state index < -0.39 is 6.04 Å². The van der Waals surface area contributed by atoms with E-state index in [1.807, 2.05) is 53.4 Å². The molecule has 1 fully saturated rings. The number of para-hydroxylation sites is 2. The quantitative estimate of drug-likeness (QED) is 0.842. The van der Waals surface area contributed by atoms with E-state index in [0.717, 1.165) is 35.9 Å². The normalized spacial score (nSPS) is 17.0. The Labute approximate surface area is 166 Å². The van der Waals surface area contributed by atoms with Crippen molar-refractivity contribution in [2.45, 2.75) is 32.2 Å². The summed E-state index contributed by atoms with van der Waals surface area (Å²) in [4.78, 5) is 29.5. The summed E-state index contributed by atoms with van der Waals surface area (Å²) in [5, 5.41) is 2.87. The number of amides is 2. The zero-order valence-electron chi connectivity index (χ0n) is 16.3. The highest BCUT2D eigenvalue weighted by Gasteiger charge is 2.33. The van der Waals surface area contributed by atoms with E-state index in [4.69, 9.17) is 0 Å². The molecule has 1 atom stereocenters. The largest absolute Gasteiger partial charge is 0.368 e. The smallest absolute Gasteiger partial charge is 0.250 e. The topological polar surface area (TPSA) is 52.7 Å². The highest BCUT2D eigenvalue weighted by atomic mass is 16.2. The van der Waals surface area contributed by atoms with Gasteiger partial charge in [-0.05, 0) is 36.5 Å². The molecule has 0 bridgehead atoms. The second-order valence-electron chi connectivity index (χ2n) is 7.81. The number of benzene rings is 2. The first-order chi connectivity index (χ1) is 13.6. The molecule has 146 valence electrons. The van der Waals surface area contributed by atoms with E-state index >= 15 is 0 Å². The van der Waals surface area contributed by atoms with Crippen molar-refractivity contribution in [2.24, 2.45) is 5.92 Å². The molecule has 0 radical (unpaired) electrons. The van der Waals surface area contributed by atoms with Crippen LogP contribution in [0.4, 0.5) is 11.4 Å². The van der Waals surface area contributed by atoms with Crippen LogP contribution in [-0.2, 0) is 16.0 Å². The molecule has 1 aliphatic heterocycles. The van der Waals surface area contributed by atoms with Gasteiger partial charge in [0.05, 0.1) is 11.4 Å². The Morgan fingerprint density at radius 1 is 1.00 bits per heavy atom. The second kappa shape index (κ2) is 8.05. The zero-order chi connectivity index (χ0) is 19.5. The van der Waals surface area contributed by atoms with E-state index in [1.165, 1.54) is 19.8 Å². The summed E-state index contributed by atoms with van der Waals surface area (Å²) < 4.78 is 0. The van der Waals surface area contributed by atoms with Crippen molar-refractivity contribution in [1.29, 1.82) is 0 Å². The first-order valence-electron chi connectivity index (χ1n) is 10.1. The molecule has 5 nitrogen and oxygen atoms in total. The van der Waals surface area contributed by atoms with Gasteiger partial charge in [0, 0.05) is 33.0 Å². The minimum atomic E-state index is -0.567. The van der Waals surface area contributed by atoms with Gasteiger partial charge in [0.1, 0.15) is 6.04 Å². The molecule has 0 aromatic heterocycles. The summed E-state index contributed by atoms with van der Waals surface area (Å²) in [6, 6.07) is 17.4. The number of carbonyl (C=O) groups is 2. The number of rotatable bonds is 6. The lowest BCUT2D eigenvalue weighted by Crippen LogP contribution is -2.53. The average Bonchev–Trinajstić information content (AvgIpc) is 3.52. The van der Waals surface area contributed by atoms with Crippen LogP contribution in [0.2, 0.25) is 0 Å². The number of hydrogen-bond acceptors (Lipinski definition) is 3. The molecule has 4 rings (SSSR count). The molecule has 0 saturated heterocycles. The number of hydrogen-bond donors (Lipinski definition) is 1. The van der Waals surface area contributed by atoms with Crippen molar-refractivity contribution >= 4 is 23.2 Å². The zero-order valence-corrected chi connectivity index (χ0v) is 16.3. The number of nitrogens with one attached hydrogen (secondary N) is 1. The van der Waals surface area contributed by atoms with Gasteiger partial charge in [-0.25, -0.2) is 0 Å². The fraction of sp³-hybridized carbons (Fsp3) is 0.391. The second-order valence-corrected chi connectivity index (χ2v) is 7.81. The lowest BCUT2D eigenvalue weighted by atomic mass is 10.0. The number of anilines is 2. The Kier molecular flexibility index (Phi) is 5.33. The third-order valence-corrected chi connectivity index (χ3v) is 5.51. The fourth-order valence-electron chi connectivity index (χ4n) is 3.94. The van der Waals surface area contributed by atoms with Gasteiger partial charge in [-0.15, -0.1) is 0 Å². The van der Waals surface area contributed by atoms with E-state index in [1.54, 1.807) is 0 Å². The highest BCUT2D eigenvalue weighted by molar-refractivity contribution is 6.02. The van der Waals surface area contributed by atoms with Crippen molar-refractivity contribution in [3.63, 3.8) is 0 Å². The Bertz CT molecular complexity index is 848. The van der Waals surface area contributed by atoms with Crippen molar-refractivity contribution in [2.75, 3.05) is 29.4 Å². The monoisotopic (exact) mass is 377 g/mol. The molecule has 1 saturated carbocycles. The molecule has 2 aromatic carbocycles. The molecule has 2 amide bonds. The van der Waals surface area contributed by atoms with Gasteiger partial charge in [-0.3, -0.25) is 9.59 Å². The average molecular weight is 377 g/mol. The molecular formula is C23H27N3O2. The number of fused-ring (bicyclic) bond motifs is 1. The molecule has 2 aliphatic rings. The van der Waals surface area contributed by atoms with Gasteiger partial charge in [0.25, 0.3) is 0 Å². The first kappa shape index (κ1) is 18.5. The van der Waals surface area contributed by atoms with Crippen molar-refractivity contribution in [3.05, 3.63) is 60.2 Å². The molecule has 0 unspecified atom stereocenters. The van der Waals surface area contributed by atoms with Crippen LogP contribution in [0.5, 0.6) is 0 Å². The van der Waals surface area contributed by atoms with Crippen molar-refractivity contribution < 1.29 is 9.59 Å². The summed E-state index contributed by atoms with van der Waals surface area (Å²) in [5.74, 6) is 0.563. The predicted octanol–water partition coefficient (Wildman–Crippen LogP) is 3.00. The Morgan fingerprint density at radius 3 is 2.36 bits per heavy atom. The Balaban J connectivity index is 1.57. The van der Waals surface area contributed by atoms with Crippen LogP contribution >= 0.6 is 0 Å². The predicted molar refractivity (Wildman–Crippen MR) is 111 cm³/mol. The number of nitrogens with zero attached hydrogens (tertiary/aromatic N) is 2. The lowest BCUT2D eigenvalue weighted by Gasteiger charge is -2.39. The molecule has 1 heterocycles. The maximum Gasteiger partial charge on any atom is 0.250 e. The minimum Gasteiger partial charge on any atom is -0.368 e. The van der Waals surface area contributed by atoms with E-state index in [-0.39, 0.29) is 11.8 Å². The molecule has 0 spiro atoms. The third-order valence-electron chi connectivity index (χ3n) is 5.51. The molecule has 1 aliphatic carbocycles. The van der Waals surface area contributed by atoms with Gasteiger partial charge >= 0.3 is 0 Å². The summed E-state index contributed by atoms with van der Waals surface area (Å²) in [5.41, 5.74) is 3.10. The Morgan fingerprint density at radius 2 is 1.68 bits per heavy atom. The van der Waals surface area contributed by atoms with Gasteiger partial charge in [0.15, 0.2) is 0 Å². The summed E-state index contributed by atoms with van der Waals surface area (Å²) in [6.07, 6.45) is 3.11. The summed E-state index contributed by atoms with van der Waals surface area (Å²) in [7, 11) is 0. The van der Waals surface area contributed by atoms with E-state index in [2.05, 4.69) is 16.3 Å². The summed E-state index contributed by atoms with van der Waals surface area (Å²) >= 11 is 0. The van der Waals surface area contributed by atoms with Crippen molar-refractivity contribution in [1.82, 2.24) is 5.32 Å². The highest BCUT2D eigenvalue weighted by Crippen LogP contribution is 2.37. The van der Waals surface area contributed by atoms with Crippen LogP contribution in [0.25, 0.3) is 0 Å². The van der Waals surface area contributed by atoms with Crippen LogP contribution < -0.4 is 15.1 Å². The molecule has 2 aromatic rings. The van der Waals surface area contributed by atoms with Gasteiger partial charge in [-0.2, -0.15) is 0 Å². The maximum absolute atomic E-state index is 13.4. The van der Waals surface area contributed by atoms with E-state index in [9.17, 15) is 9.59 Å². The minimum absolute atomic E-state index is 0.0439. The van der Waals surface area contributed by atoms with Gasteiger partial charge in [-0.1, -0.05) is 42.5 Å². The van der Waals surface area contributed by atoms with Crippen LogP contribution in [0.15, 0.2) is 54.6 Å². The van der Waals surface area contributed by atoms with Gasteiger partial charge in [0.2, 0.25) is 11.8 Å². The van der Waals surface area contributed by atoms with Gasteiger partial charge < -0.3 is 15.1 Å². The first-order valence-corrected chi connectivity index (χ1v) is 10.1. The van der Waals surface area contributed by atoms with Crippen LogP contribution in [0.3, 0.4) is 0 Å².